The first kappa shape index (κ1) is 17.7. The average molecular weight is 301 g/mol. The smallest absolute Gasteiger partial charge is 0.263 e. The average Bonchev–Trinajstić information content (AvgIpc) is 2.52. The van der Waals surface area contributed by atoms with Gasteiger partial charge in [-0.1, -0.05) is 31.2 Å². The lowest BCUT2D eigenvalue weighted by atomic mass is 10.0. The molecule has 1 amide bonds. The van der Waals surface area contributed by atoms with Crippen molar-refractivity contribution in [1.82, 2.24) is 10.2 Å². The predicted octanol–water partition coefficient (Wildman–Crippen LogP) is 1.76. The molecule has 1 rings (SSSR count). The van der Waals surface area contributed by atoms with Crippen LogP contribution >= 0.6 is 0 Å². The Kier molecular flexibility index (Phi) is 7.14. The molecule has 5 heteroatoms. The van der Waals surface area contributed by atoms with Crippen molar-refractivity contribution in [3.63, 3.8) is 0 Å². The van der Waals surface area contributed by atoms with Gasteiger partial charge in [-0.25, -0.2) is 0 Å². The topological polar surface area (TPSA) is 76.4 Å². The van der Waals surface area contributed by atoms with E-state index in [0.29, 0.717) is 6.54 Å². The van der Waals surface area contributed by atoms with Crippen molar-refractivity contribution in [2.24, 2.45) is 0 Å². The number of nitrogens with one attached hydrogen (secondary N) is 1. The largest absolute Gasteiger partial charge is 0.395 e. The molecule has 0 bridgehead atoms. The summed E-state index contributed by atoms with van der Waals surface area (Å²) in [7, 11) is 1.70. The van der Waals surface area contributed by atoms with Crippen LogP contribution in [0.25, 0.3) is 0 Å². The number of nitrogens with zero attached hydrogens (tertiary/aromatic N) is 2. The number of aryl methyl sites for hydroxylation is 1. The number of carbonyl (C=O) groups is 1. The van der Waals surface area contributed by atoms with Crippen LogP contribution in [-0.4, -0.2) is 36.1 Å². The third kappa shape index (κ3) is 5.23. The second-order valence-corrected chi connectivity index (χ2v) is 5.15. The number of benzene rings is 1. The van der Waals surface area contributed by atoms with Gasteiger partial charge >= 0.3 is 0 Å². The Morgan fingerprint density at radius 3 is 2.59 bits per heavy atom. The van der Waals surface area contributed by atoms with E-state index in [1.54, 1.807) is 11.9 Å². The Morgan fingerprint density at radius 2 is 2.09 bits per heavy atom. The van der Waals surface area contributed by atoms with Crippen molar-refractivity contribution in [2.75, 3.05) is 20.2 Å². The Hall–Kier alpha value is -2.32. The first-order valence-corrected chi connectivity index (χ1v) is 7.34. The number of amides is 1. The second kappa shape index (κ2) is 8.85. The van der Waals surface area contributed by atoms with Gasteiger partial charge in [0.25, 0.3) is 5.91 Å². The molecule has 0 aliphatic heterocycles. The maximum atomic E-state index is 12.1. The zero-order chi connectivity index (χ0) is 16.5. The van der Waals surface area contributed by atoms with Crippen LogP contribution in [0.3, 0.4) is 0 Å². The summed E-state index contributed by atoms with van der Waals surface area (Å²) in [6, 6.07) is 9.75. The van der Waals surface area contributed by atoms with E-state index in [1.165, 1.54) is 11.8 Å². The van der Waals surface area contributed by atoms with Crippen LogP contribution in [0.4, 0.5) is 0 Å². The van der Waals surface area contributed by atoms with Crippen LogP contribution in [0, 0.1) is 11.3 Å². The standard InChI is InChI=1S/C17H23N3O2/c1-4-14-5-7-15(8-6-14)13(2)19-17(22)16(11-18)12-20(3)9-10-21/h5-8,12-13,21H,4,9-10H2,1-3H3,(H,19,22)/b16-12-. The molecule has 0 aliphatic carbocycles. The van der Waals surface area contributed by atoms with Gasteiger partial charge in [0.05, 0.1) is 12.6 Å². The molecule has 1 aromatic carbocycles. The molecule has 0 radical (unpaired) electrons. The van der Waals surface area contributed by atoms with Crippen molar-refractivity contribution in [3.8, 4) is 6.07 Å². The number of hydrogen-bond donors (Lipinski definition) is 2. The number of hydrogen-bond acceptors (Lipinski definition) is 4. The fourth-order valence-corrected chi connectivity index (χ4v) is 1.98. The molecule has 0 saturated heterocycles. The normalized spacial score (nSPS) is 12.4. The van der Waals surface area contributed by atoms with Gasteiger partial charge in [0.1, 0.15) is 11.6 Å². The molecule has 0 saturated carbocycles. The van der Waals surface area contributed by atoms with Gasteiger partial charge in [0.15, 0.2) is 0 Å². The highest BCUT2D eigenvalue weighted by Crippen LogP contribution is 2.14. The van der Waals surface area contributed by atoms with E-state index in [-0.39, 0.29) is 18.2 Å². The summed E-state index contributed by atoms with van der Waals surface area (Å²) in [4.78, 5) is 13.7. The molecule has 0 heterocycles. The van der Waals surface area contributed by atoms with Gasteiger partial charge in [-0.15, -0.1) is 0 Å². The molecule has 5 nitrogen and oxygen atoms in total. The minimum absolute atomic E-state index is 0.0213. The number of carbonyl (C=O) groups excluding carboxylic acids is 1. The van der Waals surface area contributed by atoms with Crippen molar-refractivity contribution in [1.29, 1.82) is 5.26 Å². The van der Waals surface area contributed by atoms with Gasteiger partial charge in [-0.3, -0.25) is 4.79 Å². The number of aliphatic hydroxyl groups is 1. The van der Waals surface area contributed by atoms with Crippen LogP contribution < -0.4 is 5.32 Å². The molecule has 0 aromatic heterocycles. The van der Waals surface area contributed by atoms with E-state index < -0.39 is 5.91 Å². The number of aliphatic hydroxyl groups excluding tert-OH is 1. The van der Waals surface area contributed by atoms with Crippen LogP contribution in [0.2, 0.25) is 0 Å². The monoisotopic (exact) mass is 301 g/mol. The minimum Gasteiger partial charge on any atom is -0.395 e. The van der Waals surface area contributed by atoms with E-state index in [4.69, 9.17) is 10.4 Å². The van der Waals surface area contributed by atoms with E-state index in [1.807, 2.05) is 37.3 Å². The Bertz CT molecular complexity index is 558. The zero-order valence-corrected chi connectivity index (χ0v) is 13.3. The van der Waals surface area contributed by atoms with Crippen LogP contribution in [0.5, 0.6) is 0 Å². The highest BCUT2D eigenvalue weighted by molar-refractivity contribution is 5.97. The van der Waals surface area contributed by atoms with E-state index in [2.05, 4.69) is 12.2 Å². The Balaban J connectivity index is 2.74. The molecule has 0 aliphatic rings. The predicted molar refractivity (Wildman–Crippen MR) is 85.8 cm³/mol. The molecule has 0 spiro atoms. The molecular formula is C17H23N3O2. The maximum Gasteiger partial charge on any atom is 0.263 e. The van der Waals surface area contributed by atoms with Gasteiger partial charge < -0.3 is 15.3 Å². The van der Waals surface area contributed by atoms with Gasteiger partial charge in [-0.05, 0) is 24.5 Å². The summed E-state index contributed by atoms with van der Waals surface area (Å²) >= 11 is 0. The van der Waals surface area contributed by atoms with Crippen molar-refractivity contribution in [2.45, 2.75) is 26.3 Å². The summed E-state index contributed by atoms with van der Waals surface area (Å²) in [6.45, 7) is 4.30. The highest BCUT2D eigenvalue weighted by Gasteiger charge is 2.14. The lowest BCUT2D eigenvalue weighted by molar-refractivity contribution is -0.117. The third-order valence-corrected chi connectivity index (χ3v) is 3.40. The molecule has 0 fully saturated rings. The molecular weight excluding hydrogens is 278 g/mol. The molecule has 22 heavy (non-hydrogen) atoms. The van der Waals surface area contributed by atoms with Crippen molar-refractivity contribution >= 4 is 5.91 Å². The molecule has 1 atom stereocenters. The SMILES string of the molecule is CCc1ccc(C(C)NC(=O)/C(C#N)=C\N(C)CCO)cc1. The van der Waals surface area contributed by atoms with Crippen LogP contribution in [-0.2, 0) is 11.2 Å². The Morgan fingerprint density at radius 1 is 1.45 bits per heavy atom. The lowest BCUT2D eigenvalue weighted by Gasteiger charge is -2.16. The summed E-state index contributed by atoms with van der Waals surface area (Å²) in [5, 5.41) is 20.8. The fourth-order valence-electron chi connectivity index (χ4n) is 1.98. The lowest BCUT2D eigenvalue weighted by Crippen LogP contribution is -2.29. The van der Waals surface area contributed by atoms with Crippen LogP contribution in [0.15, 0.2) is 36.0 Å². The fraction of sp³-hybridized carbons (Fsp3) is 0.412. The summed E-state index contributed by atoms with van der Waals surface area (Å²) in [5.74, 6) is -0.417. The minimum atomic E-state index is -0.417. The summed E-state index contributed by atoms with van der Waals surface area (Å²) < 4.78 is 0. The zero-order valence-electron chi connectivity index (χ0n) is 13.3. The first-order valence-electron chi connectivity index (χ1n) is 7.34. The van der Waals surface area contributed by atoms with Crippen LogP contribution in [0.1, 0.15) is 31.0 Å². The summed E-state index contributed by atoms with van der Waals surface area (Å²) in [5.41, 5.74) is 2.25. The number of nitriles is 1. The van der Waals surface area contributed by atoms with E-state index >= 15 is 0 Å². The molecule has 2 N–H and O–H groups in total. The maximum absolute atomic E-state index is 12.1. The van der Waals surface area contributed by atoms with Gasteiger partial charge in [-0.2, -0.15) is 5.26 Å². The molecule has 1 unspecified atom stereocenters. The van der Waals surface area contributed by atoms with Crippen molar-refractivity contribution in [3.05, 3.63) is 47.2 Å². The number of likely N-dealkylation sites (N-methyl/N-ethyl adjacent to an activating group) is 1. The Labute approximate surface area is 131 Å². The first-order chi connectivity index (χ1) is 10.5. The third-order valence-electron chi connectivity index (χ3n) is 3.40. The van der Waals surface area contributed by atoms with Gasteiger partial charge in [0.2, 0.25) is 0 Å². The van der Waals surface area contributed by atoms with Crippen molar-refractivity contribution < 1.29 is 9.90 Å². The molecule has 118 valence electrons. The number of rotatable bonds is 7. The summed E-state index contributed by atoms with van der Waals surface area (Å²) in [6.07, 6.45) is 2.41. The van der Waals surface area contributed by atoms with Gasteiger partial charge in [0, 0.05) is 19.8 Å². The second-order valence-electron chi connectivity index (χ2n) is 5.15. The van der Waals surface area contributed by atoms with E-state index in [0.717, 1.165) is 12.0 Å². The highest BCUT2D eigenvalue weighted by atomic mass is 16.3. The molecule has 1 aromatic rings. The van der Waals surface area contributed by atoms with E-state index in [9.17, 15) is 4.79 Å². The quantitative estimate of drug-likeness (QED) is 0.594.